The summed E-state index contributed by atoms with van der Waals surface area (Å²) in [7, 11) is 0. The van der Waals surface area contributed by atoms with E-state index in [4.69, 9.17) is 9.47 Å². The molecule has 2 nitrogen and oxygen atoms in total. The molecule has 0 radical (unpaired) electrons. The van der Waals surface area contributed by atoms with Gasteiger partial charge in [0.05, 0.1) is 0 Å². The van der Waals surface area contributed by atoms with E-state index >= 15 is 0 Å². The van der Waals surface area contributed by atoms with Crippen LogP contribution in [0.25, 0.3) is 0 Å². The monoisotopic (exact) mass is 378 g/mol. The highest BCUT2D eigenvalue weighted by atomic mass is 16.5. The van der Waals surface area contributed by atoms with Gasteiger partial charge in [-0.25, -0.2) is 0 Å². The van der Waals surface area contributed by atoms with E-state index in [0.717, 1.165) is 51.4 Å². The summed E-state index contributed by atoms with van der Waals surface area (Å²) in [6.45, 7) is 9.05. The molecule has 5 rings (SSSR count). The summed E-state index contributed by atoms with van der Waals surface area (Å²) in [6.07, 6.45) is 18.2. The molecule has 2 heteroatoms. The maximum absolute atomic E-state index is 6.88. The fourth-order valence-electron chi connectivity index (χ4n) is 6.47. The summed E-state index contributed by atoms with van der Waals surface area (Å²) in [5.41, 5.74) is 4.73. The van der Waals surface area contributed by atoms with E-state index in [-0.39, 0.29) is 22.4 Å². The molecule has 0 aliphatic carbocycles. The third-order valence-corrected chi connectivity index (χ3v) is 7.44. The van der Waals surface area contributed by atoms with Crippen molar-refractivity contribution in [2.75, 3.05) is 0 Å². The van der Waals surface area contributed by atoms with E-state index in [1.807, 2.05) is 0 Å². The predicted octanol–water partition coefficient (Wildman–Crippen LogP) is 6.87. The minimum atomic E-state index is -0.231. The van der Waals surface area contributed by atoms with Gasteiger partial charge >= 0.3 is 0 Å². The van der Waals surface area contributed by atoms with Crippen LogP contribution in [0.2, 0.25) is 0 Å². The van der Waals surface area contributed by atoms with E-state index in [0.29, 0.717) is 0 Å². The summed E-state index contributed by atoms with van der Waals surface area (Å²) in [5, 5.41) is 0. The minimum Gasteiger partial charge on any atom is -0.351 e. The van der Waals surface area contributed by atoms with Crippen molar-refractivity contribution in [3.05, 3.63) is 58.7 Å². The second kappa shape index (κ2) is 6.06. The van der Waals surface area contributed by atoms with Crippen molar-refractivity contribution >= 4 is 0 Å². The summed E-state index contributed by atoms with van der Waals surface area (Å²) in [5.74, 6) is 0. The van der Waals surface area contributed by atoms with Crippen molar-refractivity contribution in [1.29, 1.82) is 0 Å². The van der Waals surface area contributed by atoms with Crippen LogP contribution >= 0.6 is 0 Å². The Balaban J connectivity index is 1.72. The molecule has 0 spiro atoms. The second-order valence-corrected chi connectivity index (χ2v) is 9.37. The topological polar surface area (TPSA) is 18.5 Å². The lowest BCUT2D eigenvalue weighted by Crippen LogP contribution is -2.24. The highest BCUT2D eigenvalue weighted by Crippen LogP contribution is 2.63. The number of fused-ring (bicyclic) bond motifs is 10. The Bertz CT molecular complexity index is 733. The molecule has 4 bridgehead atoms. The summed E-state index contributed by atoms with van der Waals surface area (Å²) < 4.78 is 13.8. The van der Waals surface area contributed by atoms with Gasteiger partial charge in [-0.2, -0.15) is 0 Å². The maximum atomic E-state index is 6.88. The summed E-state index contributed by atoms with van der Waals surface area (Å²) in [4.78, 5) is 0. The summed E-state index contributed by atoms with van der Waals surface area (Å²) >= 11 is 0. The van der Waals surface area contributed by atoms with Crippen molar-refractivity contribution in [2.45, 2.75) is 101 Å². The maximum Gasteiger partial charge on any atom is 0.113 e. The van der Waals surface area contributed by atoms with Crippen molar-refractivity contribution in [2.24, 2.45) is 0 Å². The van der Waals surface area contributed by atoms with E-state index in [9.17, 15) is 0 Å². The van der Waals surface area contributed by atoms with E-state index in [1.54, 1.807) is 0 Å². The fraction of sp³-hybridized carbons (Fsp3) is 0.615. The molecule has 4 aliphatic rings. The Morgan fingerprint density at radius 3 is 0.964 bits per heavy atom. The fourth-order valence-corrected chi connectivity index (χ4v) is 6.47. The predicted molar refractivity (Wildman–Crippen MR) is 113 cm³/mol. The van der Waals surface area contributed by atoms with Crippen LogP contribution in [-0.4, -0.2) is 0 Å². The number of hydrogen-bond donors (Lipinski definition) is 0. The van der Waals surface area contributed by atoms with Gasteiger partial charge in [0.1, 0.15) is 22.4 Å². The first-order chi connectivity index (χ1) is 13.5. The Morgan fingerprint density at radius 2 is 0.750 bits per heavy atom. The molecule has 4 atom stereocenters. The third kappa shape index (κ3) is 2.11. The highest BCUT2D eigenvalue weighted by Gasteiger charge is 2.59. The number of benzene rings is 1. The first kappa shape index (κ1) is 18.6. The lowest BCUT2D eigenvalue weighted by molar-refractivity contribution is -0.0828. The van der Waals surface area contributed by atoms with Crippen LogP contribution in [0.5, 0.6) is 0 Å². The molecule has 0 N–H and O–H groups in total. The highest BCUT2D eigenvalue weighted by molar-refractivity contribution is 5.61. The zero-order chi connectivity index (χ0) is 19.6. The zero-order valence-electron chi connectivity index (χ0n) is 17.9. The first-order valence-electron chi connectivity index (χ1n) is 11.5. The molecule has 150 valence electrons. The Hall–Kier alpha value is -1.38. The lowest BCUT2D eigenvalue weighted by Gasteiger charge is -2.28. The van der Waals surface area contributed by atoms with Crippen LogP contribution in [-0.2, 0) is 31.9 Å². The first-order valence-corrected chi connectivity index (χ1v) is 11.5. The number of ether oxygens (including phenoxy) is 2. The van der Waals surface area contributed by atoms with E-state index in [1.165, 1.54) is 22.3 Å². The van der Waals surface area contributed by atoms with Gasteiger partial charge in [-0.1, -0.05) is 53.4 Å². The molecule has 0 unspecified atom stereocenters. The van der Waals surface area contributed by atoms with Crippen LogP contribution < -0.4 is 0 Å². The van der Waals surface area contributed by atoms with Gasteiger partial charge in [-0.3, -0.25) is 0 Å². The molecule has 1 aromatic carbocycles. The Labute approximate surface area is 170 Å². The van der Waals surface area contributed by atoms with E-state index < -0.39 is 0 Å². The largest absolute Gasteiger partial charge is 0.351 e. The lowest BCUT2D eigenvalue weighted by atomic mass is 9.71. The van der Waals surface area contributed by atoms with Crippen molar-refractivity contribution in [3.63, 3.8) is 0 Å². The van der Waals surface area contributed by atoms with Crippen molar-refractivity contribution < 1.29 is 9.47 Å². The minimum absolute atomic E-state index is 0.231. The molecule has 28 heavy (non-hydrogen) atoms. The Kier molecular flexibility index (Phi) is 4.03. The van der Waals surface area contributed by atoms with Crippen molar-refractivity contribution in [1.82, 2.24) is 0 Å². The SMILES string of the molecule is CCC[C@@]12C=C[C@@](CCC)(O1)c1cc3c(cc12)[C@]1(CCC)C=C[C@@]3(CCC)O1. The molecular weight excluding hydrogens is 344 g/mol. The van der Waals surface area contributed by atoms with Gasteiger partial charge in [0.25, 0.3) is 0 Å². The number of hydrogen-bond acceptors (Lipinski definition) is 2. The van der Waals surface area contributed by atoms with Gasteiger partial charge in [0.2, 0.25) is 0 Å². The van der Waals surface area contributed by atoms with Crippen LogP contribution in [0.15, 0.2) is 36.4 Å². The molecular formula is C26H34O2. The molecule has 0 aromatic heterocycles. The molecule has 0 fully saturated rings. The average molecular weight is 379 g/mol. The molecule has 0 amide bonds. The van der Waals surface area contributed by atoms with Gasteiger partial charge in [-0.05, 0) is 84.4 Å². The van der Waals surface area contributed by atoms with Crippen LogP contribution in [0.4, 0.5) is 0 Å². The van der Waals surface area contributed by atoms with Crippen LogP contribution in [0, 0.1) is 0 Å². The van der Waals surface area contributed by atoms with Crippen molar-refractivity contribution in [3.8, 4) is 0 Å². The molecule has 1 aromatic rings. The quantitative estimate of drug-likeness (QED) is 0.460. The van der Waals surface area contributed by atoms with E-state index in [2.05, 4.69) is 64.1 Å². The third-order valence-electron chi connectivity index (χ3n) is 7.44. The van der Waals surface area contributed by atoms with Gasteiger partial charge in [-0.15, -0.1) is 0 Å². The van der Waals surface area contributed by atoms with Crippen LogP contribution in [0.3, 0.4) is 0 Å². The normalized spacial score (nSPS) is 38.4. The van der Waals surface area contributed by atoms with Crippen LogP contribution in [0.1, 0.15) is 101 Å². The molecule has 4 heterocycles. The summed E-state index contributed by atoms with van der Waals surface area (Å²) in [6, 6.07) is 4.97. The van der Waals surface area contributed by atoms with Gasteiger partial charge in [0.15, 0.2) is 0 Å². The zero-order valence-corrected chi connectivity index (χ0v) is 17.9. The molecule has 0 saturated carbocycles. The molecule has 4 aliphatic heterocycles. The smallest absolute Gasteiger partial charge is 0.113 e. The standard InChI is InChI=1S/C26H34O2/c1-5-9-23-13-14-24(27-23,10-6-2)20-18-22-21(17-19(20)23)25(11-7-3)15-16-26(22,28-25)12-8-4/h13-18H,5-12H2,1-4H3/t23-,24+,25-,26+. The number of rotatable bonds is 8. The molecule has 0 saturated heterocycles. The van der Waals surface area contributed by atoms with Gasteiger partial charge < -0.3 is 9.47 Å². The average Bonchev–Trinajstić information content (AvgIpc) is 3.36. The second-order valence-electron chi connectivity index (χ2n) is 9.37. The van der Waals surface area contributed by atoms with Gasteiger partial charge in [0, 0.05) is 0 Å². The Morgan fingerprint density at radius 1 is 0.500 bits per heavy atom.